The molecule has 10 nitrogen and oxygen atoms in total. The van der Waals surface area contributed by atoms with Gasteiger partial charge in [-0.3, -0.25) is 19.6 Å². The van der Waals surface area contributed by atoms with Crippen LogP contribution in [0.5, 0.6) is 0 Å². The topological polar surface area (TPSA) is 140 Å². The number of H-pyrrole nitrogens is 1. The molecule has 3 aromatic rings. The summed E-state index contributed by atoms with van der Waals surface area (Å²) in [6, 6.07) is 5.93. The third-order valence-electron chi connectivity index (χ3n) is 7.52. The lowest BCUT2D eigenvalue weighted by molar-refractivity contribution is 0.0950. The van der Waals surface area contributed by atoms with E-state index in [2.05, 4.69) is 43.5 Å². The van der Waals surface area contributed by atoms with Crippen LogP contribution in [0.4, 0.5) is 10.5 Å². The predicted molar refractivity (Wildman–Crippen MR) is 150 cm³/mol. The molecule has 0 saturated heterocycles. The number of carboxylic acid groups (broad SMARTS) is 1. The molecule has 2 aromatic heterocycles. The number of aromatic nitrogens is 3. The first kappa shape index (κ1) is 27.8. The van der Waals surface area contributed by atoms with E-state index in [0.29, 0.717) is 16.8 Å². The van der Waals surface area contributed by atoms with Crippen molar-refractivity contribution in [3.8, 4) is 11.3 Å². The van der Waals surface area contributed by atoms with Crippen molar-refractivity contribution in [2.24, 2.45) is 0 Å². The van der Waals surface area contributed by atoms with Crippen LogP contribution in [-0.4, -0.2) is 50.7 Å². The summed E-state index contributed by atoms with van der Waals surface area (Å²) in [5.74, 6) is -0.274. The van der Waals surface area contributed by atoms with E-state index in [4.69, 9.17) is 5.11 Å². The highest BCUT2D eigenvalue weighted by Gasteiger charge is 2.28. The van der Waals surface area contributed by atoms with Crippen LogP contribution in [0, 0.1) is 20.8 Å². The van der Waals surface area contributed by atoms with Crippen molar-refractivity contribution in [2.75, 3.05) is 11.4 Å². The van der Waals surface area contributed by atoms with Crippen LogP contribution >= 0.6 is 0 Å². The molecule has 2 heterocycles. The summed E-state index contributed by atoms with van der Waals surface area (Å²) in [5, 5.41) is 14.6. The molecule has 0 atom stereocenters. The molecular weight excluding hydrogens is 496 g/mol. The van der Waals surface area contributed by atoms with Gasteiger partial charge in [0.1, 0.15) is 0 Å². The summed E-state index contributed by atoms with van der Waals surface area (Å²) in [5.41, 5.74) is 5.63. The normalized spacial score (nSPS) is 16.9. The molecule has 4 N–H and O–H groups in total. The number of anilines is 1. The van der Waals surface area contributed by atoms with Gasteiger partial charge in [-0.15, -0.1) is 0 Å². The number of carbonyl (C=O) groups excluding carboxylic acids is 1. The van der Waals surface area contributed by atoms with Gasteiger partial charge < -0.3 is 25.6 Å². The monoisotopic (exact) mass is 532 g/mol. The fraction of sp³-hybridized carbons (Fsp3) is 0.414. The summed E-state index contributed by atoms with van der Waals surface area (Å²) in [6.07, 6.45) is 7.10. The lowest BCUT2D eigenvalue weighted by Gasteiger charge is -2.39. The lowest BCUT2D eigenvalue weighted by atomic mass is 9.89. The van der Waals surface area contributed by atoms with E-state index >= 15 is 0 Å². The third kappa shape index (κ3) is 6.45. The number of nitrogens with one attached hydrogen (secondary N) is 3. The zero-order chi connectivity index (χ0) is 28.1. The SMILES string of the molecule is CCN(c1cc(-c2cnccn2)cc(C(=O)NCc2c(C)cc(C)[nH]c2=O)c1C)C1CCC(NC(=O)O)CC1. The van der Waals surface area contributed by atoms with Crippen molar-refractivity contribution >= 4 is 17.7 Å². The first-order valence-electron chi connectivity index (χ1n) is 13.3. The van der Waals surface area contributed by atoms with Crippen LogP contribution in [0.3, 0.4) is 0 Å². The highest BCUT2D eigenvalue weighted by Crippen LogP contribution is 2.34. The van der Waals surface area contributed by atoms with Crippen LogP contribution in [0.1, 0.15) is 65.3 Å². The van der Waals surface area contributed by atoms with Crippen LogP contribution in [0.2, 0.25) is 0 Å². The number of amides is 2. The van der Waals surface area contributed by atoms with Gasteiger partial charge in [-0.2, -0.15) is 0 Å². The molecule has 0 unspecified atom stereocenters. The predicted octanol–water partition coefficient (Wildman–Crippen LogP) is 4.09. The van der Waals surface area contributed by atoms with Gasteiger partial charge in [-0.25, -0.2) is 4.79 Å². The zero-order valence-electron chi connectivity index (χ0n) is 22.9. The molecule has 206 valence electrons. The van der Waals surface area contributed by atoms with Crippen molar-refractivity contribution in [1.82, 2.24) is 25.6 Å². The minimum Gasteiger partial charge on any atom is -0.465 e. The number of carbonyl (C=O) groups is 2. The molecule has 4 rings (SSSR count). The van der Waals surface area contributed by atoms with E-state index in [1.165, 1.54) is 0 Å². The Morgan fingerprint density at radius 2 is 1.85 bits per heavy atom. The Hall–Kier alpha value is -4.21. The maximum atomic E-state index is 13.6. The maximum Gasteiger partial charge on any atom is 0.404 e. The van der Waals surface area contributed by atoms with Crippen molar-refractivity contribution in [3.05, 3.63) is 75.1 Å². The zero-order valence-corrected chi connectivity index (χ0v) is 22.9. The fourth-order valence-corrected chi connectivity index (χ4v) is 5.53. The second kappa shape index (κ2) is 12.1. The quantitative estimate of drug-likeness (QED) is 0.342. The van der Waals surface area contributed by atoms with Gasteiger partial charge in [-0.1, -0.05) is 0 Å². The van der Waals surface area contributed by atoms with Gasteiger partial charge in [-0.05, 0) is 82.7 Å². The standard InChI is InChI=1S/C29H36N6O4/c1-5-35(22-8-6-21(7-9-22)34-29(38)39)26-14-20(25-16-30-10-11-31-25)13-23(19(26)4)27(36)32-15-24-17(2)12-18(3)33-28(24)37/h10-14,16,21-22,34H,5-9,15H2,1-4H3,(H,32,36)(H,33,37)(H,38,39). The van der Waals surface area contributed by atoms with Crippen LogP contribution in [0.25, 0.3) is 11.3 Å². The molecule has 1 fully saturated rings. The number of aryl methyl sites for hydroxylation is 2. The number of nitrogens with zero attached hydrogens (tertiary/aromatic N) is 3. The molecular formula is C29H36N6O4. The second-order valence-electron chi connectivity index (χ2n) is 10.1. The molecule has 1 aromatic carbocycles. The Bertz CT molecular complexity index is 1400. The molecule has 1 aliphatic carbocycles. The molecule has 10 heteroatoms. The first-order chi connectivity index (χ1) is 18.7. The van der Waals surface area contributed by atoms with Crippen molar-refractivity contribution < 1.29 is 14.7 Å². The van der Waals surface area contributed by atoms with Crippen molar-refractivity contribution in [2.45, 2.75) is 72.0 Å². The third-order valence-corrected chi connectivity index (χ3v) is 7.52. The molecule has 1 aliphatic rings. The van der Waals surface area contributed by atoms with Gasteiger partial charge in [0, 0.05) is 65.6 Å². The van der Waals surface area contributed by atoms with E-state index in [1.54, 1.807) is 18.6 Å². The molecule has 0 aliphatic heterocycles. The summed E-state index contributed by atoms with van der Waals surface area (Å²) in [4.78, 5) is 50.9. The largest absolute Gasteiger partial charge is 0.465 e. The molecule has 0 radical (unpaired) electrons. The van der Waals surface area contributed by atoms with Gasteiger partial charge in [0.05, 0.1) is 11.9 Å². The van der Waals surface area contributed by atoms with Gasteiger partial charge in [0.15, 0.2) is 0 Å². The van der Waals surface area contributed by atoms with Crippen molar-refractivity contribution in [3.63, 3.8) is 0 Å². The van der Waals surface area contributed by atoms with Crippen LogP contribution in [-0.2, 0) is 6.54 Å². The summed E-state index contributed by atoms with van der Waals surface area (Å²) in [7, 11) is 0. The Morgan fingerprint density at radius 3 is 2.46 bits per heavy atom. The molecule has 2 amide bonds. The van der Waals surface area contributed by atoms with E-state index in [9.17, 15) is 14.4 Å². The van der Waals surface area contributed by atoms with E-state index in [0.717, 1.165) is 60.3 Å². The van der Waals surface area contributed by atoms with Gasteiger partial charge in [0.2, 0.25) is 0 Å². The number of hydrogen-bond donors (Lipinski definition) is 4. The van der Waals surface area contributed by atoms with E-state index in [1.807, 2.05) is 32.9 Å². The highest BCUT2D eigenvalue weighted by atomic mass is 16.4. The Balaban J connectivity index is 1.66. The summed E-state index contributed by atoms with van der Waals surface area (Å²) in [6.45, 7) is 8.56. The average molecular weight is 533 g/mol. The molecule has 39 heavy (non-hydrogen) atoms. The minimum atomic E-state index is -0.989. The number of aromatic amines is 1. The van der Waals surface area contributed by atoms with Gasteiger partial charge in [0.25, 0.3) is 11.5 Å². The van der Waals surface area contributed by atoms with E-state index in [-0.39, 0.29) is 30.1 Å². The average Bonchev–Trinajstić information content (AvgIpc) is 2.90. The highest BCUT2D eigenvalue weighted by molar-refractivity contribution is 5.98. The number of benzene rings is 1. The number of pyridine rings is 1. The van der Waals surface area contributed by atoms with Crippen LogP contribution < -0.4 is 21.1 Å². The molecule has 1 saturated carbocycles. The van der Waals surface area contributed by atoms with Crippen molar-refractivity contribution in [1.29, 1.82) is 0 Å². The lowest BCUT2D eigenvalue weighted by Crippen LogP contribution is -2.44. The molecule has 0 bridgehead atoms. The first-order valence-corrected chi connectivity index (χ1v) is 13.3. The van der Waals surface area contributed by atoms with Gasteiger partial charge >= 0.3 is 6.09 Å². The van der Waals surface area contributed by atoms with E-state index < -0.39 is 6.09 Å². The van der Waals surface area contributed by atoms with Crippen LogP contribution in [0.15, 0.2) is 41.6 Å². The summed E-state index contributed by atoms with van der Waals surface area (Å²) < 4.78 is 0. The summed E-state index contributed by atoms with van der Waals surface area (Å²) >= 11 is 0. The maximum absolute atomic E-state index is 13.6. The molecule has 0 spiro atoms. The number of rotatable bonds is 8. The second-order valence-corrected chi connectivity index (χ2v) is 10.1. The fourth-order valence-electron chi connectivity index (χ4n) is 5.53. The Morgan fingerprint density at radius 1 is 1.10 bits per heavy atom. The minimum absolute atomic E-state index is 0.0424. The smallest absolute Gasteiger partial charge is 0.404 e. The Labute approximate surface area is 227 Å². The number of hydrogen-bond acceptors (Lipinski definition) is 6. The Kier molecular flexibility index (Phi) is 8.63.